The summed E-state index contributed by atoms with van der Waals surface area (Å²) in [5, 5.41) is 11.5. The van der Waals surface area contributed by atoms with Crippen molar-refractivity contribution in [2.45, 2.75) is 32.7 Å². The number of hydrogen-bond acceptors (Lipinski definition) is 4. The lowest BCUT2D eigenvalue weighted by Gasteiger charge is -2.23. The van der Waals surface area contributed by atoms with Crippen molar-refractivity contribution in [1.82, 2.24) is 10.2 Å². The lowest BCUT2D eigenvalue weighted by molar-refractivity contribution is -0.143. The Hall–Kier alpha value is -1.79. The molecule has 0 spiro atoms. The molecule has 0 radical (unpaired) electrons. The molecule has 1 aliphatic rings. The van der Waals surface area contributed by atoms with Gasteiger partial charge in [-0.2, -0.15) is 0 Å². The van der Waals surface area contributed by atoms with Crippen LogP contribution in [0.2, 0.25) is 0 Å². The highest BCUT2D eigenvalue weighted by molar-refractivity contribution is 5.85. The van der Waals surface area contributed by atoms with E-state index in [1.54, 1.807) is 13.8 Å². The van der Waals surface area contributed by atoms with E-state index in [1.807, 2.05) is 0 Å². The zero-order valence-corrected chi connectivity index (χ0v) is 11.2. The van der Waals surface area contributed by atoms with E-state index in [2.05, 4.69) is 5.32 Å². The second-order valence-corrected chi connectivity index (χ2v) is 4.42. The number of carboxylic acid groups (broad SMARTS) is 1. The highest BCUT2D eigenvalue weighted by Crippen LogP contribution is 2.32. The van der Waals surface area contributed by atoms with Gasteiger partial charge in [-0.3, -0.25) is 4.79 Å². The van der Waals surface area contributed by atoms with Crippen LogP contribution in [0.15, 0.2) is 0 Å². The smallest absolute Gasteiger partial charge is 0.326 e. The Morgan fingerprint density at radius 1 is 1.37 bits per heavy atom. The molecule has 7 nitrogen and oxygen atoms in total. The van der Waals surface area contributed by atoms with Crippen molar-refractivity contribution < 1.29 is 24.2 Å². The molecule has 2 N–H and O–H groups in total. The van der Waals surface area contributed by atoms with E-state index in [0.717, 1.165) is 12.8 Å². The van der Waals surface area contributed by atoms with Crippen molar-refractivity contribution in [3.63, 3.8) is 0 Å². The quantitative estimate of drug-likeness (QED) is 0.656. The van der Waals surface area contributed by atoms with Gasteiger partial charge in [0.05, 0.1) is 6.61 Å². The molecule has 0 aromatic carbocycles. The van der Waals surface area contributed by atoms with E-state index in [0.29, 0.717) is 6.54 Å². The van der Waals surface area contributed by atoms with Crippen LogP contribution in [0.4, 0.5) is 4.79 Å². The average molecular weight is 272 g/mol. The number of nitrogens with one attached hydrogen (secondary N) is 1. The third kappa shape index (κ3) is 4.76. The van der Waals surface area contributed by atoms with Crippen LogP contribution in [-0.2, 0) is 14.3 Å². The molecule has 1 aliphatic carbocycles. The van der Waals surface area contributed by atoms with Crippen molar-refractivity contribution in [2.24, 2.45) is 5.92 Å². The van der Waals surface area contributed by atoms with E-state index in [1.165, 1.54) is 4.90 Å². The molecule has 1 fully saturated rings. The lowest BCUT2D eigenvalue weighted by atomic mass is 10.2. The summed E-state index contributed by atoms with van der Waals surface area (Å²) in [5.41, 5.74) is 0. The summed E-state index contributed by atoms with van der Waals surface area (Å²) in [6.07, 6.45) is 1.61. The summed E-state index contributed by atoms with van der Waals surface area (Å²) in [7, 11) is 0. The van der Waals surface area contributed by atoms with Crippen molar-refractivity contribution >= 4 is 18.0 Å². The predicted molar refractivity (Wildman–Crippen MR) is 66.6 cm³/mol. The van der Waals surface area contributed by atoms with Crippen LogP contribution in [-0.4, -0.2) is 53.7 Å². The number of nitrogens with zero attached hydrogens (tertiary/aromatic N) is 1. The molecular weight excluding hydrogens is 252 g/mol. The Balaban J connectivity index is 2.52. The Morgan fingerprint density at radius 2 is 2.00 bits per heavy atom. The summed E-state index contributed by atoms with van der Waals surface area (Å²) in [6.45, 7) is 3.78. The van der Waals surface area contributed by atoms with Gasteiger partial charge in [-0.25, -0.2) is 9.59 Å². The maximum atomic E-state index is 11.9. The second-order valence-electron chi connectivity index (χ2n) is 4.42. The molecule has 0 aliphatic heterocycles. The molecule has 0 heterocycles. The average Bonchev–Trinajstić information content (AvgIpc) is 3.16. The summed E-state index contributed by atoms with van der Waals surface area (Å²) in [5.74, 6) is -1.54. The molecule has 0 aromatic rings. The van der Waals surface area contributed by atoms with Crippen molar-refractivity contribution in [2.75, 3.05) is 19.7 Å². The highest BCUT2D eigenvalue weighted by atomic mass is 16.5. The number of ether oxygens (including phenoxy) is 1. The third-order valence-electron chi connectivity index (χ3n) is 2.93. The first kappa shape index (κ1) is 15.3. The van der Waals surface area contributed by atoms with Crippen LogP contribution in [0.1, 0.15) is 26.7 Å². The zero-order chi connectivity index (χ0) is 14.4. The Kier molecular flexibility index (Phi) is 5.59. The molecule has 1 saturated carbocycles. The van der Waals surface area contributed by atoms with Crippen LogP contribution >= 0.6 is 0 Å². The number of rotatable bonds is 7. The number of likely N-dealkylation sites (N-methyl/N-ethyl adjacent to an activating group) is 1. The van der Waals surface area contributed by atoms with E-state index < -0.39 is 24.0 Å². The second kappa shape index (κ2) is 6.96. The van der Waals surface area contributed by atoms with Crippen LogP contribution in [0, 0.1) is 5.92 Å². The lowest BCUT2D eigenvalue weighted by Crippen LogP contribution is -2.50. The largest absolute Gasteiger partial charge is 0.480 e. The highest BCUT2D eigenvalue weighted by Gasteiger charge is 2.38. The van der Waals surface area contributed by atoms with Crippen LogP contribution in [0.5, 0.6) is 0 Å². The minimum absolute atomic E-state index is 0.00255. The predicted octanol–water partition coefficient (Wildman–Crippen LogP) is 0.444. The summed E-state index contributed by atoms with van der Waals surface area (Å²) in [6, 6.07) is -1.42. The number of hydrogen-bond donors (Lipinski definition) is 2. The molecule has 1 rings (SSSR count). The van der Waals surface area contributed by atoms with Gasteiger partial charge < -0.3 is 20.1 Å². The fourth-order valence-electron chi connectivity index (χ4n) is 1.72. The fraction of sp³-hybridized carbons (Fsp3) is 0.750. The first-order valence-electron chi connectivity index (χ1n) is 6.43. The summed E-state index contributed by atoms with van der Waals surface area (Å²) >= 11 is 0. The maximum absolute atomic E-state index is 11.9. The number of amides is 2. The normalized spacial score (nSPS) is 15.5. The first-order chi connectivity index (χ1) is 8.99. The van der Waals surface area contributed by atoms with Crippen LogP contribution in [0.3, 0.4) is 0 Å². The van der Waals surface area contributed by atoms with Crippen molar-refractivity contribution in [3.8, 4) is 0 Å². The van der Waals surface area contributed by atoms with Gasteiger partial charge >= 0.3 is 18.0 Å². The van der Waals surface area contributed by atoms with Gasteiger partial charge in [0, 0.05) is 6.54 Å². The van der Waals surface area contributed by atoms with E-state index in [9.17, 15) is 14.4 Å². The topological polar surface area (TPSA) is 95.9 Å². The molecule has 0 aromatic heterocycles. The molecular formula is C12H20N2O5. The molecule has 7 heteroatoms. The third-order valence-corrected chi connectivity index (χ3v) is 2.93. The molecule has 1 unspecified atom stereocenters. The Morgan fingerprint density at radius 3 is 2.42 bits per heavy atom. The Labute approximate surface area is 111 Å². The number of esters is 1. The van der Waals surface area contributed by atoms with Gasteiger partial charge in [0.2, 0.25) is 0 Å². The van der Waals surface area contributed by atoms with Gasteiger partial charge in [0.15, 0.2) is 0 Å². The van der Waals surface area contributed by atoms with Crippen molar-refractivity contribution in [3.05, 3.63) is 0 Å². The van der Waals surface area contributed by atoms with E-state index in [-0.39, 0.29) is 19.1 Å². The van der Waals surface area contributed by atoms with Gasteiger partial charge in [0.25, 0.3) is 0 Å². The number of carbonyl (C=O) groups is 3. The SMILES string of the molecule is CCOC(=O)CN(CC)C(=O)NC(C(=O)O)C1CC1. The summed E-state index contributed by atoms with van der Waals surface area (Å²) in [4.78, 5) is 35.5. The minimum Gasteiger partial charge on any atom is -0.480 e. The van der Waals surface area contributed by atoms with E-state index in [4.69, 9.17) is 9.84 Å². The molecule has 1 atom stereocenters. The zero-order valence-electron chi connectivity index (χ0n) is 11.2. The Bertz CT molecular complexity index is 354. The number of urea groups is 1. The van der Waals surface area contributed by atoms with Gasteiger partial charge in [-0.15, -0.1) is 0 Å². The molecule has 2 amide bonds. The fourth-order valence-corrected chi connectivity index (χ4v) is 1.72. The van der Waals surface area contributed by atoms with Crippen LogP contribution in [0.25, 0.3) is 0 Å². The minimum atomic E-state index is -1.04. The van der Waals surface area contributed by atoms with E-state index >= 15 is 0 Å². The number of aliphatic carboxylic acids is 1. The van der Waals surface area contributed by atoms with Crippen LogP contribution < -0.4 is 5.32 Å². The molecule has 108 valence electrons. The molecule has 19 heavy (non-hydrogen) atoms. The molecule has 0 bridgehead atoms. The first-order valence-corrected chi connectivity index (χ1v) is 6.43. The number of carboxylic acids is 1. The monoisotopic (exact) mass is 272 g/mol. The maximum Gasteiger partial charge on any atom is 0.326 e. The van der Waals surface area contributed by atoms with Gasteiger partial charge in [-0.05, 0) is 32.6 Å². The van der Waals surface area contributed by atoms with Gasteiger partial charge in [0.1, 0.15) is 12.6 Å². The van der Waals surface area contributed by atoms with Gasteiger partial charge in [-0.1, -0.05) is 0 Å². The number of carbonyl (C=O) groups excluding carboxylic acids is 2. The summed E-state index contributed by atoms with van der Waals surface area (Å²) < 4.78 is 4.76. The standard InChI is InChI=1S/C12H20N2O5/c1-3-14(7-9(15)19-4-2)12(18)13-10(11(16)17)8-5-6-8/h8,10H,3-7H2,1-2H3,(H,13,18)(H,16,17). The molecule has 0 saturated heterocycles. The van der Waals surface area contributed by atoms with Crippen molar-refractivity contribution in [1.29, 1.82) is 0 Å².